The summed E-state index contributed by atoms with van der Waals surface area (Å²) in [6, 6.07) is 0. The van der Waals surface area contributed by atoms with Gasteiger partial charge in [0.15, 0.2) is 0 Å². The summed E-state index contributed by atoms with van der Waals surface area (Å²) in [5.41, 5.74) is 0. The van der Waals surface area contributed by atoms with E-state index in [0.717, 1.165) is 12.3 Å². The van der Waals surface area contributed by atoms with Crippen molar-refractivity contribution < 1.29 is 14.7 Å². The van der Waals surface area contributed by atoms with E-state index in [1.165, 1.54) is 11.8 Å². The number of nitrogens with one attached hydrogen (secondary N) is 1. The fraction of sp³-hybridized carbons (Fsp3) is 0.833. The Hall–Kier alpha value is -0.750. The predicted octanol–water partition coefficient (Wildman–Crippen LogP) is 1.07. The molecule has 0 aromatic carbocycles. The third-order valence-corrected chi connectivity index (χ3v) is 3.62. The van der Waals surface area contributed by atoms with Crippen LogP contribution < -0.4 is 5.32 Å². The van der Waals surface area contributed by atoms with Crippen LogP contribution >= 0.6 is 11.8 Å². The molecule has 1 heterocycles. The van der Waals surface area contributed by atoms with E-state index in [-0.39, 0.29) is 11.1 Å². The summed E-state index contributed by atoms with van der Waals surface area (Å²) in [6.45, 7) is 5.55. The third-order valence-electron chi connectivity index (χ3n) is 2.73. The first-order chi connectivity index (χ1) is 8.49. The van der Waals surface area contributed by atoms with Gasteiger partial charge in [0.1, 0.15) is 0 Å². The number of hydrogen-bond donors (Lipinski definition) is 2. The van der Waals surface area contributed by atoms with E-state index >= 15 is 0 Å². The molecule has 0 saturated carbocycles. The highest BCUT2D eigenvalue weighted by Gasteiger charge is 2.21. The zero-order valence-electron chi connectivity index (χ0n) is 11.0. The van der Waals surface area contributed by atoms with Gasteiger partial charge in [-0.05, 0) is 12.3 Å². The monoisotopic (exact) mass is 274 g/mol. The van der Waals surface area contributed by atoms with Crippen molar-refractivity contribution in [1.82, 2.24) is 10.2 Å². The molecule has 0 bridgehead atoms. The number of nitrogens with zero attached hydrogens (tertiary/aromatic N) is 1. The third kappa shape index (κ3) is 5.73. The van der Waals surface area contributed by atoms with Crippen LogP contribution in [0.5, 0.6) is 0 Å². The van der Waals surface area contributed by atoms with Crippen LogP contribution in [-0.4, -0.2) is 52.6 Å². The molecule has 1 unspecified atom stereocenters. The van der Waals surface area contributed by atoms with Crippen molar-refractivity contribution in [3.05, 3.63) is 0 Å². The van der Waals surface area contributed by atoms with Crippen LogP contribution in [0.1, 0.15) is 26.7 Å². The lowest BCUT2D eigenvalue weighted by Gasteiger charge is -2.16. The van der Waals surface area contributed by atoms with Gasteiger partial charge in [0.05, 0.1) is 6.10 Å². The quantitative estimate of drug-likeness (QED) is 0.728. The van der Waals surface area contributed by atoms with Crippen LogP contribution in [0.2, 0.25) is 0 Å². The first-order valence-electron chi connectivity index (χ1n) is 6.35. The number of amides is 2. The molecule has 5 nitrogen and oxygen atoms in total. The van der Waals surface area contributed by atoms with Crippen molar-refractivity contribution >= 4 is 22.9 Å². The molecule has 0 aliphatic carbocycles. The molecular weight excluding hydrogens is 252 g/mol. The average Bonchev–Trinajstić information content (AvgIpc) is 2.68. The highest BCUT2D eigenvalue weighted by atomic mass is 32.2. The zero-order valence-corrected chi connectivity index (χ0v) is 11.8. The number of carbonyl (C=O) groups is 2. The summed E-state index contributed by atoms with van der Waals surface area (Å²) in [7, 11) is 0. The Morgan fingerprint density at radius 2 is 2.28 bits per heavy atom. The second-order valence-corrected chi connectivity index (χ2v) is 5.99. The van der Waals surface area contributed by atoms with Crippen molar-refractivity contribution in [2.75, 3.05) is 25.4 Å². The molecule has 0 radical (unpaired) electrons. The van der Waals surface area contributed by atoms with Gasteiger partial charge in [-0.25, -0.2) is 0 Å². The van der Waals surface area contributed by atoms with Gasteiger partial charge in [0, 0.05) is 31.8 Å². The second kappa shape index (κ2) is 7.63. The highest BCUT2D eigenvalue weighted by Crippen LogP contribution is 2.16. The highest BCUT2D eigenvalue weighted by molar-refractivity contribution is 8.13. The van der Waals surface area contributed by atoms with Gasteiger partial charge in [0.25, 0.3) is 5.24 Å². The topological polar surface area (TPSA) is 69.6 Å². The molecule has 0 aromatic heterocycles. The summed E-state index contributed by atoms with van der Waals surface area (Å²) in [5.74, 6) is 1.12. The normalized spacial score (nSPS) is 17.3. The molecule has 0 spiro atoms. The Kier molecular flexibility index (Phi) is 6.49. The molecule has 1 fully saturated rings. The Balaban J connectivity index is 2.12. The number of hydrogen-bond acceptors (Lipinski definition) is 4. The molecule has 6 heteroatoms. The van der Waals surface area contributed by atoms with Crippen molar-refractivity contribution in [2.45, 2.75) is 32.8 Å². The smallest absolute Gasteiger partial charge is 0.281 e. The summed E-state index contributed by atoms with van der Waals surface area (Å²) < 4.78 is 0. The van der Waals surface area contributed by atoms with Crippen LogP contribution in [0.3, 0.4) is 0 Å². The summed E-state index contributed by atoms with van der Waals surface area (Å²) in [5, 5.41) is 12.4. The molecule has 18 heavy (non-hydrogen) atoms. The van der Waals surface area contributed by atoms with Crippen molar-refractivity contribution in [3.63, 3.8) is 0 Å². The molecule has 1 rings (SSSR count). The van der Waals surface area contributed by atoms with E-state index in [1.807, 2.05) is 13.8 Å². The lowest BCUT2D eigenvalue weighted by atomic mass is 10.1. The summed E-state index contributed by atoms with van der Waals surface area (Å²) >= 11 is 1.30. The molecule has 1 aliphatic rings. The fourth-order valence-corrected chi connectivity index (χ4v) is 2.66. The minimum atomic E-state index is -0.488. The minimum absolute atomic E-state index is 0.0580. The minimum Gasteiger partial charge on any atom is -0.391 e. The molecule has 1 atom stereocenters. The van der Waals surface area contributed by atoms with Crippen molar-refractivity contribution in [3.8, 4) is 0 Å². The molecule has 2 amide bonds. The van der Waals surface area contributed by atoms with Gasteiger partial charge in [-0.2, -0.15) is 0 Å². The standard InChI is InChI=1S/C12H22N2O3S/c1-9(2)7-10(15)8-13-11(16)3-4-14-5-6-18-12(14)17/h9-10,15H,3-8H2,1-2H3,(H,13,16). The number of aliphatic hydroxyl groups excluding tert-OH is 1. The average molecular weight is 274 g/mol. The van der Waals surface area contributed by atoms with Gasteiger partial charge in [-0.1, -0.05) is 25.6 Å². The van der Waals surface area contributed by atoms with Gasteiger partial charge in [0.2, 0.25) is 5.91 Å². The molecule has 104 valence electrons. The summed E-state index contributed by atoms with van der Waals surface area (Å²) in [4.78, 5) is 24.5. The summed E-state index contributed by atoms with van der Waals surface area (Å²) in [6.07, 6.45) is 0.500. The first kappa shape index (κ1) is 15.3. The van der Waals surface area contributed by atoms with E-state index in [1.54, 1.807) is 4.90 Å². The van der Waals surface area contributed by atoms with E-state index < -0.39 is 6.10 Å². The Morgan fingerprint density at radius 1 is 1.56 bits per heavy atom. The lowest BCUT2D eigenvalue weighted by Crippen LogP contribution is -2.35. The van der Waals surface area contributed by atoms with E-state index in [4.69, 9.17) is 0 Å². The van der Waals surface area contributed by atoms with Gasteiger partial charge in [-0.3, -0.25) is 9.59 Å². The van der Waals surface area contributed by atoms with Crippen LogP contribution in [0.4, 0.5) is 4.79 Å². The van der Waals surface area contributed by atoms with Gasteiger partial charge in [-0.15, -0.1) is 0 Å². The van der Waals surface area contributed by atoms with Gasteiger partial charge < -0.3 is 15.3 Å². The molecule has 0 aromatic rings. The second-order valence-electron chi connectivity index (χ2n) is 4.94. The maximum absolute atomic E-state index is 11.5. The number of thioether (sulfide) groups is 1. The van der Waals surface area contributed by atoms with Crippen LogP contribution in [0.25, 0.3) is 0 Å². The lowest BCUT2D eigenvalue weighted by molar-refractivity contribution is -0.121. The molecule has 1 aliphatic heterocycles. The predicted molar refractivity (Wildman–Crippen MR) is 72.5 cm³/mol. The fourth-order valence-electron chi connectivity index (χ4n) is 1.81. The van der Waals surface area contributed by atoms with E-state index in [0.29, 0.717) is 31.8 Å². The Bertz CT molecular complexity index is 297. The van der Waals surface area contributed by atoms with Gasteiger partial charge >= 0.3 is 0 Å². The SMILES string of the molecule is CC(C)CC(O)CNC(=O)CCN1CCSC1=O. The zero-order chi connectivity index (χ0) is 13.5. The maximum atomic E-state index is 11.5. The molecular formula is C12H22N2O3S. The molecule has 2 N–H and O–H groups in total. The van der Waals surface area contributed by atoms with E-state index in [2.05, 4.69) is 5.32 Å². The van der Waals surface area contributed by atoms with Crippen molar-refractivity contribution in [1.29, 1.82) is 0 Å². The maximum Gasteiger partial charge on any atom is 0.281 e. The number of aliphatic hydroxyl groups is 1. The van der Waals surface area contributed by atoms with Crippen LogP contribution in [-0.2, 0) is 4.79 Å². The van der Waals surface area contributed by atoms with Crippen molar-refractivity contribution in [2.24, 2.45) is 5.92 Å². The first-order valence-corrected chi connectivity index (χ1v) is 7.34. The largest absolute Gasteiger partial charge is 0.391 e. The Labute approximate surface area is 112 Å². The van der Waals surface area contributed by atoms with Crippen LogP contribution in [0.15, 0.2) is 0 Å². The van der Waals surface area contributed by atoms with E-state index in [9.17, 15) is 14.7 Å². The Morgan fingerprint density at radius 3 is 2.83 bits per heavy atom. The number of rotatable bonds is 7. The molecule has 1 saturated heterocycles. The number of carbonyl (C=O) groups excluding carboxylic acids is 2. The van der Waals surface area contributed by atoms with Crippen LogP contribution in [0, 0.1) is 5.92 Å².